The molecule has 0 radical (unpaired) electrons. The molecule has 1 heterocycles. The van der Waals surface area contributed by atoms with Gasteiger partial charge in [0.25, 0.3) is 0 Å². The maximum Gasteiger partial charge on any atom is 0.147 e. The third-order valence-corrected chi connectivity index (χ3v) is 3.73. The van der Waals surface area contributed by atoms with Crippen LogP contribution >= 0.6 is 11.6 Å². The molecule has 3 nitrogen and oxygen atoms in total. The maximum atomic E-state index is 14.2. The summed E-state index contributed by atoms with van der Waals surface area (Å²) in [7, 11) is 0. The van der Waals surface area contributed by atoms with Gasteiger partial charge in [0.2, 0.25) is 0 Å². The predicted molar refractivity (Wildman–Crippen MR) is 81.5 cm³/mol. The molecule has 0 aliphatic carbocycles. The molecule has 0 bridgehead atoms. The highest BCUT2D eigenvalue weighted by Crippen LogP contribution is 2.31. The number of hydrogen-bond acceptors (Lipinski definition) is 3. The fourth-order valence-electron chi connectivity index (χ4n) is 2.39. The average molecular weight is 305 g/mol. The van der Waals surface area contributed by atoms with Gasteiger partial charge < -0.3 is 4.42 Å². The number of rotatable bonds is 3. The van der Waals surface area contributed by atoms with Crippen LogP contribution in [0.15, 0.2) is 46.9 Å². The largest absolute Gasteiger partial charge is 0.459 e. The monoisotopic (exact) mass is 304 g/mol. The SMILES string of the molecule is Cc1ccc2oc(C(NN)c3cccc(Cl)c3F)cc2c1. The van der Waals surface area contributed by atoms with Crippen molar-refractivity contribution in [1.82, 2.24) is 5.43 Å². The summed E-state index contributed by atoms with van der Waals surface area (Å²) in [6, 6.07) is 11.9. The van der Waals surface area contributed by atoms with Gasteiger partial charge in [-0.15, -0.1) is 0 Å². The van der Waals surface area contributed by atoms with Crippen molar-refractivity contribution in [1.29, 1.82) is 0 Å². The van der Waals surface area contributed by atoms with Crippen LogP contribution in [0.2, 0.25) is 5.02 Å². The quantitative estimate of drug-likeness (QED) is 0.566. The molecule has 2 aromatic carbocycles. The zero-order chi connectivity index (χ0) is 15.0. The maximum absolute atomic E-state index is 14.2. The average Bonchev–Trinajstić information content (AvgIpc) is 2.87. The van der Waals surface area contributed by atoms with E-state index in [0.29, 0.717) is 11.3 Å². The van der Waals surface area contributed by atoms with Crippen LogP contribution in [-0.2, 0) is 0 Å². The molecule has 1 unspecified atom stereocenters. The van der Waals surface area contributed by atoms with Gasteiger partial charge in [-0.25, -0.2) is 9.82 Å². The van der Waals surface area contributed by atoms with Gasteiger partial charge in [-0.05, 0) is 31.2 Å². The van der Waals surface area contributed by atoms with Crippen LogP contribution in [0.4, 0.5) is 4.39 Å². The van der Waals surface area contributed by atoms with E-state index in [4.69, 9.17) is 21.9 Å². The first-order chi connectivity index (χ1) is 10.1. The van der Waals surface area contributed by atoms with Gasteiger partial charge in [-0.2, -0.15) is 0 Å². The van der Waals surface area contributed by atoms with Crippen LogP contribution in [0.3, 0.4) is 0 Å². The minimum absolute atomic E-state index is 0.0553. The van der Waals surface area contributed by atoms with Crippen LogP contribution in [0, 0.1) is 12.7 Å². The van der Waals surface area contributed by atoms with Gasteiger partial charge in [0.05, 0.1) is 5.02 Å². The number of nitrogens with one attached hydrogen (secondary N) is 1. The molecular weight excluding hydrogens is 291 g/mol. The molecule has 3 aromatic rings. The van der Waals surface area contributed by atoms with E-state index in [9.17, 15) is 4.39 Å². The van der Waals surface area contributed by atoms with E-state index in [-0.39, 0.29) is 5.02 Å². The van der Waals surface area contributed by atoms with Crippen molar-refractivity contribution in [2.75, 3.05) is 0 Å². The van der Waals surface area contributed by atoms with E-state index in [1.165, 1.54) is 6.07 Å². The number of hydrogen-bond donors (Lipinski definition) is 2. The van der Waals surface area contributed by atoms with Gasteiger partial charge in [0.1, 0.15) is 23.2 Å². The number of furan rings is 1. The number of halogens is 2. The first-order valence-electron chi connectivity index (χ1n) is 6.50. The molecule has 21 heavy (non-hydrogen) atoms. The summed E-state index contributed by atoms with van der Waals surface area (Å²) in [5.74, 6) is 5.63. The minimum atomic E-state index is -0.601. The molecule has 0 spiro atoms. The lowest BCUT2D eigenvalue weighted by atomic mass is 10.0. The molecule has 5 heteroatoms. The summed E-state index contributed by atoms with van der Waals surface area (Å²) < 4.78 is 19.9. The molecule has 0 aliphatic rings. The summed E-state index contributed by atoms with van der Waals surface area (Å²) in [6.07, 6.45) is 0. The van der Waals surface area contributed by atoms with Crippen LogP contribution in [0.5, 0.6) is 0 Å². The van der Waals surface area contributed by atoms with Gasteiger partial charge in [0.15, 0.2) is 0 Å². The Morgan fingerprint density at radius 1 is 1.24 bits per heavy atom. The molecule has 0 saturated heterocycles. The van der Waals surface area contributed by atoms with Crippen molar-refractivity contribution in [3.05, 3.63) is 70.2 Å². The summed E-state index contributed by atoms with van der Waals surface area (Å²) >= 11 is 5.83. The van der Waals surface area contributed by atoms with E-state index in [1.54, 1.807) is 12.1 Å². The predicted octanol–water partition coefficient (Wildman–Crippen LogP) is 4.09. The van der Waals surface area contributed by atoms with Gasteiger partial charge in [-0.1, -0.05) is 35.4 Å². The Hall–Kier alpha value is -1.88. The fourth-order valence-corrected chi connectivity index (χ4v) is 2.58. The Balaban J connectivity index is 2.11. The van der Waals surface area contributed by atoms with Crippen molar-refractivity contribution in [2.45, 2.75) is 13.0 Å². The lowest BCUT2D eigenvalue weighted by Gasteiger charge is -2.15. The second kappa shape index (κ2) is 5.48. The molecule has 0 amide bonds. The van der Waals surface area contributed by atoms with Crippen LogP contribution in [0.25, 0.3) is 11.0 Å². The molecule has 0 fully saturated rings. The highest BCUT2D eigenvalue weighted by molar-refractivity contribution is 6.30. The van der Waals surface area contributed by atoms with Gasteiger partial charge in [0, 0.05) is 10.9 Å². The fraction of sp³-hybridized carbons (Fsp3) is 0.125. The first-order valence-corrected chi connectivity index (χ1v) is 6.88. The molecule has 1 aromatic heterocycles. The lowest BCUT2D eigenvalue weighted by molar-refractivity contribution is 0.463. The Bertz CT molecular complexity index is 800. The Labute approximate surface area is 126 Å². The van der Waals surface area contributed by atoms with Crippen molar-refractivity contribution < 1.29 is 8.81 Å². The highest BCUT2D eigenvalue weighted by atomic mass is 35.5. The van der Waals surface area contributed by atoms with Crippen molar-refractivity contribution in [3.8, 4) is 0 Å². The Kier molecular flexibility index (Phi) is 3.68. The highest BCUT2D eigenvalue weighted by Gasteiger charge is 2.21. The van der Waals surface area contributed by atoms with Crippen LogP contribution < -0.4 is 11.3 Å². The third-order valence-electron chi connectivity index (χ3n) is 3.43. The number of benzene rings is 2. The zero-order valence-electron chi connectivity index (χ0n) is 11.4. The van der Waals surface area contributed by atoms with Crippen molar-refractivity contribution in [3.63, 3.8) is 0 Å². The van der Waals surface area contributed by atoms with Crippen LogP contribution in [-0.4, -0.2) is 0 Å². The lowest BCUT2D eigenvalue weighted by Crippen LogP contribution is -2.29. The molecule has 3 N–H and O–H groups in total. The molecule has 0 aliphatic heterocycles. The first kappa shape index (κ1) is 14.1. The minimum Gasteiger partial charge on any atom is -0.459 e. The van der Waals surface area contributed by atoms with E-state index < -0.39 is 11.9 Å². The van der Waals surface area contributed by atoms with E-state index in [1.807, 2.05) is 31.2 Å². The third kappa shape index (κ3) is 2.53. The van der Waals surface area contributed by atoms with E-state index in [2.05, 4.69) is 5.43 Å². The Morgan fingerprint density at radius 2 is 2.05 bits per heavy atom. The second-order valence-electron chi connectivity index (χ2n) is 4.93. The summed E-state index contributed by atoms with van der Waals surface area (Å²) in [6.45, 7) is 2.00. The molecule has 1 atom stereocenters. The normalized spacial score (nSPS) is 12.8. The number of nitrogens with two attached hydrogens (primary N) is 1. The van der Waals surface area contributed by atoms with E-state index in [0.717, 1.165) is 16.5 Å². The molecule has 108 valence electrons. The zero-order valence-corrected chi connectivity index (χ0v) is 12.1. The standard InChI is InChI=1S/C16H14ClFN2O/c1-9-5-6-13-10(7-9)8-14(21-13)16(20-19)11-3-2-4-12(17)15(11)18/h2-8,16,20H,19H2,1H3. The summed E-state index contributed by atoms with van der Waals surface area (Å²) in [5, 5.41) is 1.01. The van der Waals surface area contributed by atoms with Crippen molar-refractivity contribution >= 4 is 22.6 Å². The van der Waals surface area contributed by atoms with Crippen molar-refractivity contribution in [2.24, 2.45) is 5.84 Å². The topological polar surface area (TPSA) is 51.2 Å². The van der Waals surface area contributed by atoms with E-state index >= 15 is 0 Å². The number of aryl methyl sites for hydroxylation is 1. The Morgan fingerprint density at radius 3 is 2.81 bits per heavy atom. The number of fused-ring (bicyclic) bond motifs is 1. The van der Waals surface area contributed by atoms with Gasteiger partial charge in [-0.3, -0.25) is 5.84 Å². The smallest absolute Gasteiger partial charge is 0.147 e. The van der Waals surface area contributed by atoms with Gasteiger partial charge >= 0.3 is 0 Å². The van der Waals surface area contributed by atoms with Crippen LogP contribution in [0.1, 0.15) is 22.9 Å². The number of hydrazine groups is 1. The molecular formula is C16H14ClFN2O. The second-order valence-corrected chi connectivity index (χ2v) is 5.34. The summed E-state index contributed by atoms with van der Waals surface area (Å²) in [5.41, 5.74) is 4.79. The molecule has 0 saturated carbocycles. The molecule has 3 rings (SSSR count). The summed E-state index contributed by atoms with van der Waals surface area (Å²) in [4.78, 5) is 0.